The Balaban J connectivity index is 2.00. The number of rotatable bonds is 2. The number of hydrogen-bond acceptors (Lipinski definition) is 6. The molecule has 3 amide bonds. The van der Waals surface area contributed by atoms with Crippen LogP contribution in [0.5, 0.6) is 0 Å². The average molecular weight is 312 g/mol. The van der Waals surface area contributed by atoms with E-state index in [1.807, 2.05) is 0 Å². The van der Waals surface area contributed by atoms with Crippen molar-refractivity contribution in [1.29, 1.82) is 0 Å². The molecule has 0 aromatic carbocycles. The smallest absolute Gasteiger partial charge is 0.411 e. The van der Waals surface area contributed by atoms with Gasteiger partial charge in [0.15, 0.2) is 0 Å². The lowest BCUT2D eigenvalue weighted by atomic mass is 10.2. The maximum Gasteiger partial charge on any atom is 0.411 e. The first-order chi connectivity index (χ1) is 10.2. The fraction of sp³-hybridized carbons (Fsp3) is 0.714. The molecule has 8 heteroatoms. The van der Waals surface area contributed by atoms with E-state index in [9.17, 15) is 19.2 Å². The van der Waals surface area contributed by atoms with E-state index in [1.54, 1.807) is 20.8 Å². The van der Waals surface area contributed by atoms with Crippen LogP contribution >= 0.6 is 0 Å². The molecule has 2 heterocycles. The Morgan fingerprint density at radius 2 is 1.73 bits per heavy atom. The summed E-state index contributed by atoms with van der Waals surface area (Å²) in [4.78, 5) is 53.3. The summed E-state index contributed by atoms with van der Waals surface area (Å²) in [6.07, 6.45) is 0.500. The minimum atomic E-state index is -0.837. The van der Waals surface area contributed by atoms with Gasteiger partial charge in [-0.15, -0.1) is 5.06 Å². The van der Waals surface area contributed by atoms with Crippen LogP contribution in [-0.4, -0.2) is 52.0 Å². The SMILES string of the molecule is CC(C)(C)OC(=O)N1CCC[C@H]1C(=O)ON1C(=O)CCC1=O. The molecular weight excluding hydrogens is 292 g/mol. The van der Waals surface area contributed by atoms with Crippen molar-refractivity contribution in [2.75, 3.05) is 6.54 Å². The molecule has 0 saturated carbocycles. The highest BCUT2D eigenvalue weighted by atomic mass is 16.7. The first-order valence-electron chi connectivity index (χ1n) is 7.26. The largest absolute Gasteiger partial charge is 0.444 e. The van der Waals surface area contributed by atoms with E-state index in [4.69, 9.17) is 9.57 Å². The maximum absolute atomic E-state index is 12.2. The second-order valence-electron chi connectivity index (χ2n) is 6.32. The first kappa shape index (κ1) is 16.3. The Hall–Kier alpha value is -2.12. The minimum Gasteiger partial charge on any atom is -0.444 e. The molecule has 2 aliphatic rings. The molecule has 0 unspecified atom stereocenters. The lowest BCUT2D eigenvalue weighted by Gasteiger charge is -2.28. The number of nitrogens with zero attached hydrogens (tertiary/aromatic N) is 2. The fourth-order valence-corrected chi connectivity index (χ4v) is 2.36. The molecule has 0 aliphatic carbocycles. The first-order valence-corrected chi connectivity index (χ1v) is 7.26. The zero-order valence-electron chi connectivity index (χ0n) is 13.0. The topological polar surface area (TPSA) is 93.2 Å². The zero-order valence-corrected chi connectivity index (χ0v) is 13.0. The third kappa shape index (κ3) is 3.55. The molecule has 1 atom stereocenters. The van der Waals surface area contributed by atoms with Crippen LogP contribution in [0.15, 0.2) is 0 Å². The van der Waals surface area contributed by atoms with Crippen molar-refractivity contribution >= 4 is 23.9 Å². The molecular formula is C14H20N2O6. The van der Waals surface area contributed by atoms with Gasteiger partial charge in [0.1, 0.15) is 11.6 Å². The second-order valence-corrected chi connectivity index (χ2v) is 6.32. The molecule has 0 aromatic rings. The van der Waals surface area contributed by atoms with Gasteiger partial charge in [-0.2, -0.15) is 0 Å². The predicted octanol–water partition coefficient (Wildman–Crippen LogP) is 0.993. The fourth-order valence-electron chi connectivity index (χ4n) is 2.36. The number of carbonyl (C=O) groups is 4. The van der Waals surface area contributed by atoms with Gasteiger partial charge >= 0.3 is 12.1 Å². The summed E-state index contributed by atoms with van der Waals surface area (Å²) in [7, 11) is 0. The third-order valence-electron chi connectivity index (χ3n) is 3.34. The monoisotopic (exact) mass is 312 g/mol. The molecule has 0 radical (unpaired) electrons. The van der Waals surface area contributed by atoms with Gasteiger partial charge in [-0.05, 0) is 33.6 Å². The zero-order chi connectivity index (χ0) is 16.5. The predicted molar refractivity (Wildman–Crippen MR) is 73.1 cm³/mol. The van der Waals surface area contributed by atoms with Crippen molar-refractivity contribution in [3.63, 3.8) is 0 Å². The van der Waals surface area contributed by atoms with Crippen molar-refractivity contribution < 1.29 is 28.8 Å². The van der Waals surface area contributed by atoms with Crippen LogP contribution in [0, 0.1) is 0 Å². The van der Waals surface area contributed by atoms with Gasteiger partial charge in [0.2, 0.25) is 0 Å². The number of hydrogen-bond donors (Lipinski definition) is 0. The Bertz CT molecular complexity index is 494. The van der Waals surface area contributed by atoms with Gasteiger partial charge in [-0.25, -0.2) is 9.59 Å². The summed E-state index contributed by atoms with van der Waals surface area (Å²) in [5.74, 6) is -1.87. The van der Waals surface area contributed by atoms with Gasteiger partial charge in [-0.1, -0.05) is 0 Å². The Morgan fingerprint density at radius 1 is 1.14 bits per heavy atom. The van der Waals surface area contributed by atoms with Crippen LogP contribution in [0.25, 0.3) is 0 Å². The molecule has 2 aliphatic heterocycles. The summed E-state index contributed by atoms with van der Waals surface area (Å²) < 4.78 is 5.25. The molecule has 0 aromatic heterocycles. The highest BCUT2D eigenvalue weighted by Gasteiger charge is 2.41. The van der Waals surface area contributed by atoms with E-state index >= 15 is 0 Å². The van der Waals surface area contributed by atoms with E-state index in [0.29, 0.717) is 24.4 Å². The van der Waals surface area contributed by atoms with Crippen LogP contribution in [-0.2, 0) is 24.0 Å². The van der Waals surface area contributed by atoms with Crippen LogP contribution in [0.4, 0.5) is 4.79 Å². The molecule has 22 heavy (non-hydrogen) atoms. The molecule has 2 saturated heterocycles. The van der Waals surface area contributed by atoms with Crippen LogP contribution in [0.1, 0.15) is 46.5 Å². The lowest BCUT2D eigenvalue weighted by molar-refractivity contribution is -0.200. The number of amides is 3. The summed E-state index contributed by atoms with van der Waals surface area (Å²) in [6.45, 7) is 5.57. The van der Waals surface area contributed by atoms with E-state index in [1.165, 1.54) is 4.90 Å². The average Bonchev–Trinajstić information content (AvgIpc) is 2.98. The number of hydroxylamine groups is 2. The summed E-state index contributed by atoms with van der Waals surface area (Å²) in [6, 6.07) is -0.837. The normalized spacial score (nSPS) is 22.2. The lowest BCUT2D eigenvalue weighted by Crippen LogP contribution is -2.46. The van der Waals surface area contributed by atoms with Crippen molar-refractivity contribution in [3.05, 3.63) is 0 Å². The van der Waals surface area contributed by atoms with Crippen LogP contribution in [0.3, 0.4) is 0 Å². The van der Waals surface area contributed by atoms with Crippen molar-refractivity contribution in [3.8, 4) is 0 Å². The standard InChI is InChI=1S/C14H20N2O6/c1-14(2,3)21-13(20)15-8-4-5-9(15)12(19)22-16-10(17)6-7-11(16)18/h9H,4-8H2,1-3H3/t9-/m0/s1. The van der Waals surface area contributed by atoms with E-state index in [0.717, 1.165) is 0 Å². The quantitative estimate of drug-likeness (QED) is 0.706. The Kier molecular flexibility index (Phi) is 4.39. The minimum absolute atomic E-state index is 0.0343. The van der Waals surface area contributed by atoms with Crippen LogP contribution < -0.4 is 0 Å². The molecule has 122 valence electrons. The van der Waals surface area contributed by atoms with Crippen LogP contribution in [0.2, 0.25) is 0 Å². The van der Waals surface area contributed by atoms with E-state index < -0.39 is 35.5 Å². The van der Waals surface area contributed by atoms with Gasteiger partial charge < -0.3 is 9.57 Å². The molecule has 0 bridgehead atoms. The summed E-state index contributed by atoms with van der Waals surface area (Å²) in [5.41, 5.74) is -0.672. The van der Waals surface area contributed by atoms with Gasteiger partial charge in [0, 0.05) is 19.4 Å². The van der Waals surface area contributed by atoms with Gasteiger partial charge in [0.25, 0.3) is 11.8 Å². The number of ether oxygens (including phenoxy) is 1. The second kappa shape index (κ2) is 5.94. The van der Waals surface area contributed by atoms with Crippen molar-refractivity contribution in [2.45, 2.75) is 58.1 Å². The third-order valence-corrected chi connectivity index (χ3v) is 3.34. The number of imide groups is 1. The van der Waals surface area contributed by atoms with Crippen molar-refractivity contribution in [1.82, 2.24) is 9.96 Å². The number of likely N-dealkylation sites (tertiary alicyclic amines) is 1. The molecule has 0 N–H and O–H groups in total. The summed E-state index contributed by atoms with van der Waals surface area (Å²) in [5, 5.41) is 0.494. The highest BCUT2D eigenvalue weighted by molar-refractivity contribution is 6.01. The Morgan fingerprint density at radius 3 is 2.27 bits per heavy atom. The van der Waals surface area contributed by atoms with E-state index in [-0.39, 0.29) is 12.8 Å². The van der Waals surface area contributed by atoms with Gasteiger partial charge in [0.05, 0.1) is 0 Å². The number of carbonyl (C=O) groups excluding carboxylic acids is 4. The highest BCUT2D eigenvalue weighted by Crippen LogP contribution is 2.23. The Labute approximate surface area is 128 Å². The molecule has 2 rings (SSSR count). The maximum atomic E-state index is 12.2. The van der Waals surface area contributed by atoms with Gasteiger partial charge in [-0.3, -0.25) is 14.5 Å². The summed E-state index contributed by atoms with van der Waals surface area (Å²) >= 11 is 0. The van der Waals surface area contributed by atoms with Crippen molar-refractivity contribution in [2.24, 2.45) is 0 Å². The molecule has 0 spiro atoms. The molecule has 2 fully saturated rings. The molecule has 8 nitrogen and oxygen atoms in total. The van der Waals surface area contributed by atoms with E-state index in [2.05, 4.69) is 0 Å².